The lowest BCUT2D eigenvalue weighted by molar-refractivity contribution is -0.137. The highest BCUT2D eigenvalue weighted by Crippen LogP contribution is 2.08. The van der Waals surface area contributed by atoms with Crippen LogP contribution in [0.15, 0.2) is 24.0 Å². The summed E-state index contributed by atoms with van der Waals surface area (Å²) in [5, 5.41) is 0. The van der Waals surface area contributed by atoms with Crippen molar-refractivity contribution in [1.29, 1.82) is 0 Å². The number of allylic oxidation sites excluding steroid dienone is 1. The van der Waals surface area contributed by atoms with Crippen LogP contribution in [0.5, 0.6) is 0 Å². The molecular weight excluding hydrogens is 160 g/mol. The van der Waals surface area contributed by atoms with Gasteiger partial charge in [0.1, 0.15) is 5.76 Å². The normalized spacial score (nSPS) is 18.1. The number of carbonyl (C=O) groups is 2. The third-order valence-electron chi connectivity index (χ3n) is 1.15. The molecule has 4 heteroatoms. The van der Waals surface area contributed by atoms with Gasteiger partial charge in [-0.3, -0.25) is 0 Å². The van der Waals surface area contributed by atoms with Crippen LogP contribution in [-0.2, 0) is 19.1 Å². The van der Waals surface area contributed by atoms with E-state index in [4.69, 9.17) is 0 Å². The van der Waals surface area contributed by atoms with E-state index in [1.807, 2.05) is 0 Å². The number of ether oxygens (including phenoxy) is 2. The molecule has 64 valence electrons. The molecule has 0 aromatic carbocycles. The maximum Gasteiger partial charge on any atom is 0.336 e. The molecule has 12 heavy (non-hydrogen) atoms. The Kier molecular flexibility index (Phi) is 2.63. The summed E-state index contributed by atoms with van der Waals surface area (Å²) in [6, 6.07) is 0. The Morgan fingerprint density at radius 2 is 2.42 bits per heavy atom. The molecule has 0 saturated carbocycles. The van der Waals surface area contributed by atoms with Crippen LogP contribution in [0.4, 0.5) is 0 Å². The quantitative estimate of drug-likeness (QED) is 0.446. The van der Waals surface area contributed by atoms with Crippen LogP contribution in [0.25, 0.3) is 0 Å². The van der Waals surface area contributed by atoms with Crippen molar-refractivity contribution >= 4 is 11.9 Å². The van der Waals surface area contributed by atoms with Gasteiger partial charge in [-0.15, -0.1) is 0 Å². The fourth-order valence-corrected chi connectivity index (χ4v) is 0.712. The molecule has 1 rings (SSSR count). The van der Waals surface area contributed by atoms with Crippen LogP contribution in [0.1, 0.15) is 6.92 Å². The van der Waals surface area contributed by atoms with Gasteiger partial charge in [0.15, 0.2) is 0 Å². The predicted molar refractivity (Wildman–Crippen MR) is 39.9 cm³/mol. The average molecular weight is 168 g/mol. The smallest absolute Gasteiger partial charge is 0.336 e. The average Bonchev–Trinajstić information content (AvgIpc) is 2.36. The highest BCUT2D eigenvalue weighted by molar-refractivity contribution is 5.90. The van der Waals surface area contributed by atoms with Crippen molar-refractivity contribution in [2.75, 3.05) is 6.61 Å². The molecule has 1 aliphatic heterocycles. The first-order valence-electron chi connectivity index (χ1n) is 3.50. The van der Waals surface area contributed by atoms with E-state index in [1.165, 1.54) is 12.2 Å². The van der Waals surface area contributed by atoms with Gasteiger partial charge in [-0.25, -0.2) is 9.59 Å². The zero-order valence-electron chi connectivity index (χ0n) is 6.57. The van der Waals surface area contributed by atoms with Gasteiger partial charge in [-0.1, -0.05) is 0 Å². The Morgan fingerprint density at radius 3 is 2.92 bits per heavy atom. The van der Waals surface area contributed by atoms with Crippen molar-refractivity contribution in [2.45, 2.75) is 6.92 Å². The largest absolute Gasteiger partial charge is 0.463 e. The summed E-state index contributed by atoms with van der Waals surface area (Å²) in [4.78, 5) is 21.3. The summed E-state index contributed by atoms with van der Waals surface area (Å²) >= 11 is 0. The molecule has 0 saturated heterocycles. The molecule has 1 aliphatic rings. The lowest BCUT2D eigenvalue weighted by atomic mass is 10.4. The molecule has 0 fully saturated rings. The van der Waals surface area contributed by atoms with Gasteiger partial charge in [-0.2, -0.15) is 0 Å². The zero-order valence-corrected chi connectivity index (χ0v) is 6.57. The Labute approximate surface area is 69.5 Å². The summed E-state index contributed by atoms with van der Waals surface area (Å²) in [5.74, 6) is -0.754. The molecule has 0 N–H and O–H groups in total. The molecule has 0 amide bonds. The van der Waals surface area contributed by atoms with Gasteiger partial charge in [0.25, 0.3) is 0 Å². The Hall–Kier alpha value is -1.58. The lowest BCUT2D eigenvalue weighted by Gasteiger charge is -1.96. The maximum absolute atomic E-state index is 10.8. The molecule has 0 atom stereocenters. The second-order valence-electron chi connectivity index (χ2n) is 2.05. The monoisotopic (exact) mass is 168 g/mol. The van der Waals surface area contributed by atoms with Crippen molar-refractivity contribution in [2.24, 2.45) is 0 Å². The molecule has 0 aliphatic carbocycles. The molecular formula is C8H8O4. The lowest BCUT2D eigenvalue weighted by Crippen LogP contribution is -2.01. The van der Waals surface area contributed by atoms with Gasteiger partial charge < -0.3 is 9.47 Å². The molecule has 0 unspecified atom stereocenters. The second kappa shape index (κ2) is 3.71. The minimum Gasteiger partial charge on any atom is -0.463 e. The number of carbonyl (C=O) groups excluding carboxylic acids is 2. The van der Waals surface area contributed by atoms with Crippen LogP contribution in [-0.4, -0.2) is 18.5 Å². The zero-order chi connectivity index (χ0) is 8.97. The fraction of sp³-hybridized carbons (Fsp3) is 0.250. The molecule has 1 heterocycles. The molecule has 4 nitrogen and oxygen atoms in total. The Bertz CT molecular complexity index is 262. The maximum atomic E-state index is 10.8. The van der Waals surface area contributed by atoms with E-state index in [0.29, 0.717) is 6.61 Å². The van der Waals surface area contributed by atoms with E-state index in [0.717, 1.165) is 6.08 Å². The van der Waals surface area contributed by atoms with Crippen LogP contribution in [0, 0.1) is 0 Å². The highest BCUT2D eigenvalue weighted by Gasteiger charge is 2.10. The van der Waals surface area contributed by atoms with E-state index < -0.39 is 11.9 Å². The fourth-order valence-electron chi connectivity index (χ4n) is 0.712. The van der Waals surface area contributed by atoms with Crippen LogP contribution < -0.4 is 0 Å². The Morgan fingerprint density at radius 1 is 1.67 bits per heavy atom. The summed E-state index contributed by atoms with van der Waals surface area (Å²) in [5.41, 5.74) is 0. The minimum absolute atomic E-state index is 0.221. The van der Waals surface area contributed by atoms with E-state index in [2.05, 4.69) is 9.47 Å². The van der Waals surface area contributed by atoms with Gasteiger partial charge in [0.2, 0.25) is 0 Å². The predicted octanol–water partition coefficient (Wildman–Crippen LogP) is 0.546. The summed E-state index contributed by atoms with van der Waals surface area (Å²) in [6.07, 6.45) is 3.79. The number of hydrogen-bond acceptors (Lipinski definition) is 4. The molecule has 0 aromatic heterocycles. The SMILES string of the molecule is CCOC(=O)C=C1C=CC(=O)O1. The van der Waals surface area contributed by atoms with Gasteiger partial charge in [-0.05, 0) is 13.0 Å². The summed E-state index contributed by atoms with van der Waals surface area (Å²) in [6.45, 7) is 2.01. The van der Waals surface area contributed by atoms with Crippen molar-refractivity contribution in [3.8, 4) is 0 Å². The van der Waals surface area contributed by atoms with Crippen LogP contribution >= 0.6 is 0 Å². The van der Waals surface area contributed by atoms with E-state index in [1.54, 1.807) is 6.92 Å². The molecule has 0 bridgehead atoms. The first-order chi connectivity index (χ1) is 5.72. The summed E-state index contributed by atoms with van der Waals surface area (Å²) in [7, 11) is 0. The standard InChI is InChI=1S/C8H8O4/c1-2-11-8(10)5-6-3-4-7(9)12-6/h3-5H,2H2,1H3. The van der Waals surface area contributed by atoms with Gasteiger partial charge >= 0.3 is 11.9 Å². The minimum atomic E-state index is -0.508. The van der Waals surface area contributed by atoms with E-state index in [9.17, 15) is 9.59 Å². The van der Waals surface area contributed by atoms with Crippen molar-refractivity contribution in [3.05, 3.63) is 24.0 Å². The molecule has 0 radical (unpaired) electrons. The first-order valence-corrected chi connectivity index (χ1v) is 3.50. The number of cyclic esters (lactones) is 1. The van der Waals surface area contributed by atoms with Gasteiger partial charge in [0, 0.05) is 6.08 Å². The Balaban J connectivity index is 2.53. The third kappa shape index (κ3) is 2.23. The highest BCUT2D eigenvalue weighted by atomic mass is 16.5. The van der Waals surface area contributed by atoms with Crippen LogP contribution in [0.3, 0.4) is 0 Å². The number of rotatable bonds is 2. The van der Waals surface area contributed by atoms with Crippen molar-refractivity contribution in [3.63, 3.8) is 0 Å². The van der Waals surface area contributed by atoms with Gasteiger partial charge in [0.05, 0.1) is 12.7 Å². The number of hydrogen-bond donors (Lipinski definition) is 0. The molecule has 0 aromatic rings. The van der Waals surface area contributed by atoms with E-state index >= 15 is 0 Å². The first kappa shape index (κ1) is 8.52. The summed E-state index contributed by atoms with van der Waals surface area (Å²) < 4.78 is 9.19. The second-order valence-corrected chi connectivity index (χ2v) is 2.05. The van der Waals surface area contributed by atoms with E-state index in [-0.39, 0.29) is 5.76 Å². The number of esters is 2. The molecule has 0 spiro atoms. The van der Waals surface area contributed by atoms with Crippen molar-refractivity contribution in [1.82, 2.24) is 0 Å². The van der Waals surface area contributed by atoms with Crippen LogP contribution in [0.2, 0.25) is 0 Å². The third-order valence-corrected chi connectivity index (χ3v) is 1.15. The topological polar surface area (TPSA) is 52.6 Å². The van der Waals surface area contributed by atoms with Crippen molar-refractivity contribution < 1.29 is 19.1 Å².